The van der Waals surface area contributed by atoms with E-state index >= 15 is 0 Å². The molecule has 1 heterocycles. The third-order valence-corrected chi connectivity index (χ3v) is 3.57. The summed E-state index contributed by atoms with van der Waals surface area (Å²) in [6.45, 7) is 4.42. The van der Waals surface area contributed by atoms with Gasteiger partial charge in [0.1, 0.15) is 5.82 Å². The molecule has 16 heavy (non-hydrogen) atoms. The van der Waals surface area contributed by atoms with Crippen LogP contribution in [0.25, 0.3) is 0 Å². The highest BCUT2D eigenvalue weighted by molar-refractivity contribution is 5.45. The Kier molecular flexibility index (Phi) is 2.76. The van der Waals surface area contributed by atoms with Gasteiger partial charge in [0, 0.05) is 18.6 Å². The normalized spacial score (nSPS) is 27.2. The van der Waals surface area contributed by atoms with Gasteiger partial charge in [0.25, 0.3) is 0 Å². The minimum atomic E-state index is 0.151. The molecule has 1 fully saturated rings. The first-order valence-corrected chi connectivity index (χ1v) is 5.55. The molecule has 1 saturated carbocycles. The van der Waals surface area contributed by atoms with Gasteiger partial charge in [-0.3, -0.25) is 0 Å². The molecule has 0 radical (unpaired) electrons. The van der Waals surface area contributed by atoms with Crippen molar-refractivity contribution in [3.05, 3.63) is 18.3 Å². The highest BCUT2D eigenvalue weighted by Gasteiger charge is 2.48. The lowest BCUT2D eigenvalue weighted by molar-refractivity contribution is -0.0795. The highest BCUT2D eigenvalue weighted by atomic mass is 16.5. The average Bonchev–Trinajstić information content (AvgIpc) is 2.26. The molecule has 88 valence electrons. The van der Waals surface area contributed by atoms with Crippen molar-refractivity contribution in [2.45, 2.75) is 32.4 Å². The van der Waals surface area contributed by atoms with E-state index in [-0.39, 0.29) is 5.41 Å². The first-order valence-electron chi connectivity index (χ1n) is 5.55. The second kappa shape index (κ2) is 3.94. The Balaban J connectivity index is 1.99. The second-order valence-corrected chi connectivity index (χ2v) is 4.96. The molecular formula is C12H19N3O. The number of hydrogen-bond acceptors (Lipinski definition) is 4. The molecule has 1 aliphatic rings. The fourth-order valence-corrected chi connectivity index (χ4v) is 2.20. The van der Waals surface area contributed by atoms with E-state index in [1.807, 2.05) is 12.1 Å². The molecule has 1 aromatic heterocycles. The van der Waals surface area contributed by atoms with Crippen molar-refractivity contribution in [1.82, 2.24) is 4.98 Å². The van der Waals surface area contributed by atoms with Gasteiger partial charge in [-0.05, 0) is 18.6 Å². The van der Waals surface area contributed by atoms with Crippen LogP contribution in [0.2, 0.25) is 0 Å². The fourth-order valence-electron chi connectivity index (χ4n) is 2.20. The summed E-state index contributed by atoms with van der Waals surface area (Å²) in [6, 6.07) is 4.17. The smallest absolute Gasteiger partial charge is 0.126 e. The summed E-state index contributed by atoms with van der Waals surface area (Å²) in [4.78, 5) is 4.24. The maximum Gasteiger partial charge on any atom is 0.126 e. The van der Waals surface area contributed by atoms with E-state index < -0.39 is 0 Å². The van der Waals surface area contributed by atoms with Gasteiger partial charge in [0.2, 0.25) is 0 Å². The summed E-state index contributed by atoms with van der Waals surface area (Å²) in [5.74, 6) is 0.877. The number of rotatable bonds is 3. The minimum absolute atomic E-state index is 0.151. The predicted molar refractivity (Wildman–Crippen MR) is 65.3 cm³/mol. The second-order valence-electron chi connectivity index (χ2n) is 4.96. The molecule has 2 rings (SSSR count). The average molecular weight is 221 g/mol. The van der Waals surface area contributed by atoms with Crippen molar-refractivity contribution in [3.8, 4) is 0 Å². The van der Waals surface area contributed by atoms with E-state index in [2.05, 4.69) is 24.1 Å². The van der Waals surface area contributed by atoms with Crippen LogP contribution >= 0.6 is 0 Å². The van der Waals surface area contributed by atoms with Gasteiger partial charge in [-0.1, -0.05) is 13.8 Å². The fraction of sp³-hybridized carbons (Fsp3) is 0.583. The summed E-state index contributed by atoms with van der Waals surface area (Å²) in [6.07, 6.45) is 3.02. The zero-order valence-corrected chi connectivity index (χ0v) is 10.0. The van der Waals surface area contributed by atoms with Crippen LogP contribution in [0.5, 0.6) is 0 Å². The molecule has 1 aliphatic carbocycles. The molecule has 3 N–H and O–H groups in total. The molecule has 0 bridgehead atoms. The molecule has 1 aromatic rings. The number of hydrogen-bond donors (Lipinski definition) is 2. The summed E-state index contributed by atoms with van der Waals surface area (Å²) in [5, 5.41) is 3.41. The van der Waals surface area contributed by atoms with E-state index in [0.29, 0.717) is 17.8 Å². The topological polar surface area (TPSA) is 60.2 Å². The van der Waals surface area contributed by atoms with Crippen molar-refractivity contribution in [1.29, 1.82) is 0 Å². The number of nitrogens with zero attached hydrogens (tertiary/aromatic N) is 1. The van der Waals surface area contributed by atoms with Gasteiger partial charge in [-0.25, -0.2) is 4.98 Å². The Morgan fingerprint density at radius 1 is 1.50 bits per heavy atom. The molecule has 0 aromatic carbocycles. The SMILES string of the molecule is COC1CC(Nc2ccc(N)cn2)C1(C)C. The van der Waals surface area contributed by atoms with Crippen LogP contribution in [-0.4, -0.2) is 24.2 Å². The Bertz CT molecular complexity index is 361. The van der Waals surface area contributed by atoms with Gasteiger partial charge in [0.05, 0.1) is 18.0 Å². The first kappa shape index (κ1) is 11.2. The number of nitrogen functional groups attached to an aromatic ring is 1. The monoisotopic (exact) mass is 221 g/mol. The number of nitrogens with one attached hydrogen (secondary N) is 1. The van der Waals surface area contributed by atoms with Crippen LogP contribution < -0.4 is 11.1 Å². The zero-order chi connectivity index (χ0) is 11.8. The summed E-state index contributed by atoms with van der Waals surface area (Å²) < 4.78 is 5.41. The lowest BCUT2D eigenvalue weighted by atomic mass is 9.64. The molecule has 4 nitrogen and oxygen atoms in total. The lowest BCUT2D eigenvalue weighted by Crippen LogP contribution is -2.57. The first-order chi connectivity index (χ1) is 7.54. The van der Waals surface area contributed by atoms with E-state index in [9.17, 15) is 0 Å². The van der Waals surface area contributed by atoms with Crippen LogP contribution in [0.3, 0.4) is 0 Å². The Morgan fingerprint density at radius 3 is 2.75 bits per heavy atom. The third kappa shape index (κ3) is 1.85. The largest absolute Gasteiger partial charge is 0.397 e. The van der Waals surface area contributed by atoms with Crippen molar-refractivity contribution in [2.75, 3.05) is 18.2 Å². The number of aromatic nitrogens is 1. The van der Waals surface area contributed by atoms with Gasteiger partial charge in [-0.15, -0.1) is 0 Å². The Labute approximate surface area is 96.2 Å². The van der Waals surface area contributed by atoms with Crippen molar-refractivity contribution < 1.29 is 4.74 Å². The Hall–Kier alpha value is -1.29. The maximum absolute atomic E-state index is 5.59. The molecule has 0 amide bonds. The van der Waals surface area contributed by atoms with Crippen molar-refractivity contribution >= 4 is 11.5 Å². The van der Waals surface area contributed by atoms with Crippen LogP contribution in [-0.2, 0) is 4.74 Å². The maximum atomic E-state index is 5.59. The number of anilines is 2. The quantitative estimate of drug-likeness (QED) is 0.818. The van der Waals surface area contributed by atoms with E-state index in [0.717, 1.165) is 12.2 Å². The van der Waals surface area contributed by atoms with E-state index in [4.69, 9.17) is 10.5 Å². The summed E-state index contributed by atoms with van der Waals surface area (Å²) in [5.41, 5.74) is 6.43. The van der Waals surface area contributed by atoms with E-state index in [1.165, 1.54) is 0 Å². The highest BCUT2D eigenvalue weighted by Crippen LogP contribution is 2.43. The van der Waals surface area contributed by atoms with Crippen LogP contribution in [0.15, 0.2) is 18.3 Å². The zero-order valence-electron chi connectivity index (χ0n) is 10.0. The molecule has 0 saturated heterocycles. The minimum Gasteiger partial charge on any atom is -0.397 e. The standard InChI is InChI=1S/C12H19N3O/c1-12(2)9(6-10(12)16-3)15-11-5-4-8(13)7-14-11/h4-5,7,9-10H,6,13H2,1-3H3,(H,14,15). The summed E-state index contributed by atoms with van der Waals surface area (Å²) in [7, 11) is 1.77. The molecule has 2 unspecified atom stereocenters. The summed E-state index contributed by atoms with van der Waals surface area (Å²) >= 11 is 0. The predicted octanol–water partition coefficient (Wildman–Crippen LogP) is 1.89. The van der Waals surface area contributed by atoms with Crippen LogP contribution in [0.1, 0.15) is 20.3 Å². The van der Waals surface area contributed by atoms with Gasteiger partial charge < -0.3 is 15.8 Å². The van der Waals surface area contributed by atoms with Crippen molar-refractivity contribution in [2.24, 2.45) is 5.41 Å². The Morgan fingerprint density at radius 2 is 2.25 bits per heavy atom. The number of pyridine rings is 1. The number of nitrogens with two attached hydrogens (primary N) is 1. The van der Waals surface area contributed by atoms with E-state index in [1.54, 1.807) is 13.3 Å². The van der Waals surface area contributed by atoms with Crippen molar-refractivity contribution in [3.63, 3.8) is 0 Å². The molecular weight excluding hydrogens is 202 g/mol. The van der Waals surface area contributed by atoms with Gasteiger partial charge >= 0.3 is 0 Å². The van der Waals surface area contributed by atoms with Gasteiger partial charge in [-0.2, -0.15) is 0 Å². The lowest BCUT2D eigenvalue weighted by Gasteiger charge is -2.51. The molecule has 2 atom stereocenters. The number of ether oxygens (including phenoxy) is 1. The number of methoxy groups -OCH3 is 1. The molecule has 4 heteroatoms. The van der Waals surface area contributed by atoms with Gasteiger partial charge in [0.15, 0.2) is 0 Å². The van der Waals surface area contributed by atoms with Crippen LogP contribution in [0.4, 0.5) is 11.5 Å². The molecule has 0 spiro atoms. The van der Waals surface area contributed by atoms with Crippen LogP contribution in [0, 0.1) is 5.41 Å². The third-order valence-electron chi connectivity index (χ3n) is 3.57. The molecule has 0 aliphatic heterocycles.